The molecule has 1 aliphatic rings. The molecule has 1 aromatic rings. The second kappa shape index (κ2) is 6.92. The summed E-state index contributed by atoms with van der Waals surface area (Å²) < 4.78 is 10.6. The molecule has 2 rings (SSSR count). The van der Waals surface area contributed by atoms with Gasteiger partial charge in [-0.3, -0.25) is 4.79 Å². The van der Waals surface area contributed by atoms with Crippen LogP contribution in [0.15, 0.2) is 18.2 Å². The Morgan fingerprint density at radius 2 is 2.40 bits per heavy atom. The first-order valence-electron chi connectivity index (χ1n) is 6.50. The summed E-state index contributed by atoms with van der Waals surface area (Å²) >= 11 is 5.99. The second-order valence-electron chi connectivity index (χ2n) is 4.73. The summed E-state index contributed by atoms with van der Waals surface area (Å²) in [5.41, 5.74) is 0.882. The average Bonchev–Trinajstić information content (AvgIpc) is 2.47. The van der Waals surface area contributed by atoms with Crippen LogP contribution < -0.4 is 10.1 Å². The van der Waals surface area contributed by atoms with Crippen LogP contribution in [0.5, 0.6) is 5.75 Å². The van der Waals surface area contributed by atoms with E-state index in [2.05, 4.69) is 5.32 Å². The zero-order valence-corrected chi connectivity index (χ0v) is 12.4. The summed E-state index contributed by atoms with van der Waals surface area (Å²) in [5.74, 6) is 0.730. The number of rotatable bonds is 4. The number of nitrogens with one attached hydrogen (secondary N) is 1. The minimum absolute atomic E-state index is 0.00623. The van der Waals surface area contributed by atoms with Crippen LogP contribution in [0.2, 0.25) is 5.02 Å². The summed E-state index contributed by atoms with van der Waals surface area (Å²) in [7, 11) is 3.37. The van der Waals surface area contributed by atoms with Gasteiger partial charge in [0, 0.05) is 30.7 Å². The van der Waals surface area contributed by atoms with E-state index >= 15 is 0 Å². The highest BCUT2D eigenvalue weighted by molar-refractivity contribution is 6.30. The molecule has 1 saturated heterocycles. The third kappa shape index (κ3) is 3.62. The predicted molar refractivity (Wildman–Crippen MR) is 77.1 cm³/mol. The molecule has 6 heteroatoms. The lowest BCUT2D eigenvalue weighted by atomic mass is 10.1. The number of nitrogens with zero attached hydrogens (tertiary/aromatic N) is 1. The molecule has 20 heavy (non-hydrogen) atoms. The molecular formula is C14H19ClN2O3. The molecule has 1 aliphatic heterocycles. The molecule has 0 spiro atoms. The highest BCUT2D eigenvalue weighted by Crippen LogP contribution is 2.23. The van der Waals surface area contributed by atoms with Gasteiger partial charge in [0.05, 0.1) is 20.3 Å². The molecule has 5 nitrogen and oxygen atoms in total. The summed E-state index contributed by atoms with van der Waals surface area (Å²) in [6, 6.07) is 5.11. The van der Waals surface area contributed by atoms with Crippen LogP contribution in [0.4, 0.5) is 0 Å². The van der Waals surface area contributed by atoms with E-state index in [-0.39, 0.29) is 11.9 Å². The number of carbonyl (C=O) groups is 1. The summed E-state index contributed by atoms with van der Waals surface area (Å²) in [6.07, 6.45) is 0. The standard InChI is InChI=1S/C14H19ClN2O3/c1-17(14(18)12-9-20-6-5-16-12)8-10-7-11(15)3-4-13(10)19-2/h3-4,7,12,16H,5-6,8-9H2,1-2H3. The Balaban J connectivity index is 2.04. The van der Waals surface area contributed by atoms with Gasteiger partial charge in [0.15, 0.2) is 0 Å². The van der Waals surface area contributed by atoms with Gasteiger partial charge in [-0.25, -0.2) is 0 Å². The summed E-state index contributed by atoms with van der Waals surface area (Å²) in [5, 5.41) is 3.78. The Hall–Kier alpha value is -1.30. The fourth-order valence-corrected chi connectivity index (χ4v) is 2.39. The molecule has 1 fully saturated rings. The maximum absolute atomic E-state index is 12.3. The van der Waals surface area contributed by atoms with E-state index in [1.54, 1.807) is 31.2 Å². The minimum atomic E-state index is -0.279. The molecule has 0 bridgehead atoms. The molecule has 1 aromatic carbocycles. The molecule has 1 N–H and O–H groups in total. The van der Waals surface area contributed by atoms with Crippen molar-refractivity contribution in [2.75, 3.05) is 33.9 Å². The highest BCUT2D eigenvalue weighted by Gasteiger charge is 2.24. The highest BCUT2D eigenvalue weighted by atomic mass is 35.5. The zero-order valence-electron chi connectivity index (χ0n) is 11.7. The monoisotopic (exact) mass is 298 g/mol. The van der Waals surface area contributed by atoms with Gasteiger partial charge in [-0.15, -0.1) is 0 Å². The van der Waals surface area contributed by atoms with Gasteiger partial charge >= 0.3 is 0 Å². The van der Waals surface area contributed by atoms with Gasteiger partial charge in [0.2, 0.25) is 5.91 Å². The van der Waals surface area contributed by atoms with Crippen molar-refractivity contribution in [3.05, 3.63) is 28.8 Å². The normalized spacial score (nSPS) is 18.6. The first kappa shape index (κ1) is 15.1. The van der Waals surface area contributed by atoms with Crippen molar-refractivity contribution in [2.45, 2.75) is 12.6 Å². The van der Waals surface area contributed by atoms with E-state index < -0.39 is 0 Å². The molecule has 110 valence electrons. The SMILES string of the molecule is COc1ccc(Cl)cc1CN(C)C(=O)C1COCCN1. The number of methoxy groups -OCH3 is 1. The van der Waals surface area contributed by atoms with Crippen LogP contribution in [0.3, 0.4) is 0 Å². The van der Waals surface area contributed by atoms with Gasteiger partial charge in [0.25, 0.3) is 0 Å². The third-order valence-corrected chi connectivity index (χ3v) is 3.48. The number of hydrogen-bond donors (Lipinski definition) is 1. The van der Waals surface area contributed by atoms with Crippen LogP contribution >= 0.6 is 11.6 Å². The van der Waals surface area contributed by atoms with Gasteiger partial charge in [-0.2, -0.15) is 0 Å². The lowest BCUT2D eigenvalue weighted by molar-refractivity contribution is -0.135. The van der Waals surface area contributed by atoms with Gasteiger partial charge in [-0.1, -0.05) is 11.6 Å². The zero-order chi connectivity index (χ0) is 14.5. The molecule has 0 radical (unpaired) electrons. The van der Waals surface area contributed by atoms with Crippen LogP contribution in [-0.2, 0) is 16.1 Å². The van der Waals surface area contributed by atoms with Gasteiger partial charge in [0.1, 0.15) is 11.8 Å². The Bertz CT molecular complexity index is 475. The Kier molecular flexibility index (Phi) is 5.23. The number of halogens is 1. The molecule has 0 aliphatic carbocycles. The van der Waals surface area contributed by atoms with E-state index in [0.717, 1.165) is 11.3 Å². The Morgan fingerprint density at radius 3 is 3.05 bits per heavy atom. The fraction of sp³-hybridized carbons (Fsp3) is 0.500. The van der Waals surface area contributed by atoms with Crippen LogP contribution in [-0.4, -0.2) is 50.8 Å². The minimum Gasteiger partial charge on any atom is -0.496 e. The van der Waals surface area contributed by atoms with Crippen molar-refractivity contribution < 1.29 is 14.3 Å². The fourth-order valence-electron chi connectivity index (χ4n) is 2.19. The van der Waals surface area contributed by atoms with Crippen LogP contribution in [0.1, 0.15) is 5.56 Å². The number of benzene rings is 1. The quantitative estimate of drug-likeness (QED) is 0.910. The first-order chi connectivity index (χ1) is 9.61. The first-order valence-corrected chi connectivity index (χ1v) is 6.88. The lowest BCUT2D eigenvalue weighted by Gasteiger charge is -2.28. The molecule has 1 amide bonds. The van der Waals surface area contributed by atoms with E-state index in [9.17, 15) is 4.79 Å². The molecule has 0 saturated carbocycles. The van der Waals surface area contributed by atoms with Gasteiger partial charge in [-0.05, 0) is 18.2 Å². The number of amides is 1. The van der Waals surface area contributed by atoms with Crippen molar-refractivity contribution >= 4 is 17.5 Å². The van der Waals surface area contributed by atoms with Crippen LogP contribution in [0.25, 0.3) is 0 Å². The van der Waals surface area contributed by atoms with Crippen molar-refractivity contribution in [2.24, 2.45) is 0 Å². The van der Waals surface area contributed by atoms with E-state index in [4.69, 9.17) is 21.1 Å². The summed E-state index contributed by atoms with van der Waals surface area (Å²) in [6.45, 7) is 2.21. The molecule has 1 unspecified atom stereocenters. The Morgan fingerprint density at radius 1 is 1.60 bits per heavy atom. The number of morpholine rings is 1. The summed E-state index contributed by atoms with van der Waals surface area (Å²) in [4.78, 5) is 13.9. The van der Waals surface area contributed by atoms with Gasteiger partial charge < -0.3 is 19.7 Å². The Labute approximate surface area is 123 Å². The number of ether oxygens (including phenoxy) is 2. The van der Waals surface area contributed by atoms with Crippen molar-refractivity contribution in [1.82, 2.24) is 10.2 Å². The van der Waals surface area contributed by atoms with Crippen molar-refractivity contribution in [3.8, 4) is 5.75 Å². The van der Waals surface area contributed by atoms with E-state index in [0.29, 0.717) is 31.3 Å². The van der Waals surface area contributed by atoms with E-state index in [1.165, 1.54) is 0 Å². The molecule has 1 atom stereocenters. The number of carbonyl (C=O) groups excluding carboxylic acids is 1. The molecule has 0 aromatic heterocycles. The lowest BCUT2D eigenvalue weighted by Crippen LogP contribution is -2.51. The van der Waals surface area contributed by atoms with Crippen LogP contribution in [0, 0.1) is 0 Å². The predicted octanol–water partition coefficient (Wildman–Crippen LogP) is 1.30. The third-order valence-electron chi connectivity index (χ3n) is 3.25. The maximum atomic E-state index is 12.3. The van der Waals surface area contributed by atoms with E-state index in [1.807, 2.05) is 6.07 Å². The largest absolute Gasteiger partial charge is 0.496 e. The smallest absolute Gasteiger partial charge is 0.242 e. The van der Waals surface area contributed by atoms with Crippen molar-refractivity contribution in [3.63, 3.8) is 0 Å². The molecule has 1 heterocycles. The second-order valence-corrected chi connectivity index (χ2v) is 5.17. The number of hydrogen-bond acceptors (Lipinski definition) is 4. The average molecular weight is 299 g/mol. The van der Waals surface area contributed by atoms with Crippen molar-refractivity contribution in [1.29, 1.82) is 0 Å². The maximum Gasteiger partial charge on any atom is 0.242 e. The topological polar surface area (TPSA) is 50.8 Å². The number of likely N-dealkylation sites (N-methyl/N-ethyl adjacent to an activating group) is 1. The molecular weight excluding hydrogens is 280 g/mol.